The van der Waals surface area contributed by atoms with Gasteiger partial charge in [0, 0.05) is 42.2 Å². The van der Waals surface area contributed by atoms with Crippen molar-refractivity contribution in [1.29, 1.82) is 0 Å². The number of benzene rings is 1. The van der Waals surface area contributed by atoms with Gasteiger partial charge in [-0.25, -0.2) is 4.79 Å². The van der Waals surface area contributed by atoms with Crippen molar-refractivity contribution in [2.75, 3.05) is 11.9 Å². The number of hydrogen-bond donors (Lipinski definition) is 1. The average molecular weight is 324 g/mol. The second-order valence-corrected chi connectivity index (χ2v) is 5.23. The molecule has 102 valence electrons. The van der Waals surface area contributed by atoms with Gasteiger partial charge in [-0.1, -0.05) is 19.1 Å². The van der Waals surface area contributed by atoms with E-state index in [0.29, 0.717) is 6.54 Å². The highest BCUT2D eigenvalue weighted by Crippen LogP contribution is 2.20. The Bertz CT molecular complexity index is 588. The molecule has 5 heteroatoms. The molecule has 1 heterocycles. The van der Waals surface area contributed by atoms with E-state index in [1.807, 2.05) is 36.7 Å². The molecule has 4 nitrogen and oxygen atoms in total. The molecule has 2 rings (SSSR count). The minimum atomic E-state index is 0.0655. The van der Waals surface area contributed by atoms with Crippen LogP contribution in [0.2, 0.25) is 0 Å². The van der Waals surface area contributed by atoms with E-state index in [1.165, 1.54) is 0 Å². The molecule has 0 bridgehead atoms. The summed E-state index contributed by atoms with van der Waals surface area (Å²) in [7, 11) is 0. The molecule has 0 aliphatic heterocycles. The van der Waals surface area contributed by atoms with Crippen molar-refractivity contribution in [2.24, 2.45) is 0 Å². The molecule has 0 aliphatic rings. The second-order valence-electron chi connectivity index (χ2n) is 4.37. The molecule has 0 unspecified atom stereocenters. The maximum atomic E-state index is 12.0. The maximum Gasteiger partial charge on any atom is 0.328 e. The normalized spacial score (nSPS) is 10.6. The number of para-hydroxylation sites is 1. The molecular formula is C14H18BrN3O. The second kappa shape index (κ2) is 6.61. The minimum Gasteiger partial charge on any atom is -0.382 e. The first-order chi connectivity index (χ1) is 9.22. The van der Waals surface area contributed by atoms with Crippen LogP contribution in [0.3, 0.4) is 0 Å². The van der Waals surface area contributed by atoms with Gasteiger partial charge < -0.3 is 5.32 Å². The number of halogens is 1. The fourth-order valence-electron chi connectivity index (χ4n) is 1.95. The highest BCUT2D eigenvalue weighted by molar-refractivity contribution is 9.10. The third-order valence-corrected chi connectivity index (χ3v) is 3.62. The number of nitrogens with zero attached hydrogens (tertiary/aromatic N) is 2. The number of anilines is 1. The third kappa shape index (κ3) is 3.50. The Labute approximate surface area is 121 Å². The van der Waals surface area contributed by atoms with Crippen LogP contribution >= 0.6 is 15.9 Å². The first-order valence-corrected chi connectivity index (χ1v) is 7.25. The van der Waals surface area contributed by atoms with E-state index >= 15 is 0 Å². The Balaban J connectivity index is 1.93. The van der Waals surface area contributed by atoms with Gasteiger partial charge in [-0.2, -0.15) is 0 Å². The number of nitrogens with one attached hydrogen (secondary N) is 1. The lowest BCUT2D eigenvalue weighted by molar-refractivity contribution is 0.610. The van der Waals surface area contributed by atoms with Crippen LogP contribution in [0.5, 0.6) is 0 Å². The zero-order valence-corrected chi connectivity index (χ0v) is 12.6. The molecule has 0 radical (unpaired) electrons. The first kappa shape index (κ1) is 13.9. The monoisotopic (exact) mass is 323 g/mol. The van der Waals surface area contributed by atoms with E-state index in [2.05, 4.69) is 28.2 Å². The van der Waals surface area contributed by atoms with Crippen molar-refractivity contribution in [3.8, 4) is 0 Å². The Morgan fingerprint density at radius 1 is 1.16 bits per heavy atom. The summed E-state index contributed by atoms with van der Waals surface area (Å²) in [5.41, 5.74) is 1.11. The lowest BCUT2D eigenvalue weighted by Crippen LogP contribution is -2.26. The van der Waals surface area contributed by atoms with Crippen LogP contribution in [0.25, 0.3) is 0 Å². The zero-order valence-electron chi connectivity index (χ0n) is 11.0. The lowest BCUT2D eigenvalue weighted by Gasteiger charge is -2.08. The lowest BCUT2D eigenvalue weighted by atomic mass is 10.3. The van der Waals surface area contributed by atoms with Crippen molar-refractivity contribution in [1.82, 2.24) is 9.13 Å². The third-order valence-electron chi connectivity index (χ3n) is 2.92. The summed E-state index contributed by atoms with van der Waals surface area (Å²) < 4.78 is 4.52. The largest absolute Gasteiger partial charge is 0.382 e. The van der Waals surface area contributed by atoms with Crippen LogP contribution in [0.1, 0.15) is 13.3 Å². The quantitative estimate of drug-likeness (QED) is 0.887. The van der Waals surface area contributed by atoms with E-state index in [0.717, 1.165) is 29.7 Å². The summed E-state index contributed by atoms with van der Waals surface area (Å²) in [5.74, 6) is 0. The summed E-state index contributed by atoms with van der Waals surface area (Å²) in [5, 5.41) is 3.31. The van der Waals surface area contributed by atoms with Gasteiger partial charge in [0.15, 0.2) is 0 Å². The summed E-state index contributed by atoms with van der Waals surface area (Å²) in [4.78, 5) is 12.0. The van der Waals surface area contributed by atoms with E-state index in [1.54, 1.807) is 9.13 Å². The van der Waals surface area contributed by atoms with E-state index in [9.17, 15) is 4.79 Å². The van der Waals surface area contributed by atoms with Crippen LogP contribution in [0, 0.1) is 0 Å². The SMILES string of the molecule is CCCn1ccn(CCNc2ccccc2Br)c1=O. The molecule has 0 saturated heterocycles. The molecule has 0 saturated carbocycles. The Kier molecular flexibility index (Phi) is 4.85. The molecule has 0 fully saturated rings. The zero-order chi connectivity index (χ0) is 13.7. The van der Waals surface area contributed by atoms with Gasteiger partial charge in [-0.3, -0.25) is 9.13 Å². The standard InChI is InChI=1S/C14H18BrN3O/c1-2-8-17-10-11-18(14(17)19)9-7-16-13-6-4-3-5-12(13)15/h3-6,10-11,16H,2,7-9H2,1H3. The fourth-order valence-corrected chi connectivity index (χ4v) is 2.38. The highest BCUT2D eigenvalue weighted by Gasteiger charge is 2.02. The molecule has 1 aromatic carbocycles. The van der Waals surface area contributed by atoms with Crippen molar-refractivity contribution in [3.63, 3.8) is 0 Å². The summed E-state index contributed by atoms with van der Waals surface area (Å²) in [6.45, 7) is 4.23. The van der Waals surface area contributed by atoms with E-state index in [-0.39, 0.29) is 5.69 Å². The Morgan fingerprint density at radius 2 is 1.84 bits per heavy atom. The number of hydrogen-bond acceptors (Lipinski definition) is 2. The van der Waals surface area contributed by atoms with Gasteiger partial charge in [0.2, 0.25) is 0 Å². The molecule has 0 spiro atoms. The van der Waals surface area contributed by atoms with Gasteiger partial charge in [-0.05, 0) is 34.5 Å². The van der Waals surface area contributed by atoms with Crippen LogP contribution < -0.4 is 11.0 Å². The predicted octanol–water partition coefficient (Wildman–Crippen LogP) is 2.93. The van der Waals surface area contributed by atoms with Crippen LogP contribution in [-0.4, -0.2) is 15.7 Å². The molecule has 1 N–H and O–H groups in total. The van der Waals surface area contributed by atoms with Crippen molar-refractivity contribution in [2.45, 2.75) is 26.4 Å². The molecular weight excluding hydrogens is 306 g/mol. The number of rotatable bonds is 6. The van der Waals surface area contributed by atoms with Crippen LogP contribution in [0.15, 0.2) is 45.9 Å². The number of aromatic nitrogens is 2. The van der Waals surface area contributed by atoms with Gasteiger partial charge >= 0.3 is 5.69 Å². The van der Waals surface area contributed by atoms with Crippen LogP contribution in [0.4, 0.5) is 5.69 Å². The van der Waals surface area contributed by atoms with Crippen molar-refractivity contribution < 1.29 is 0 Å². The molecule has 0 atom stereocenters. The minimum absolute atomic E-state index is 0.0655. The summed E-state index contributed by atoms with van der Waals surface area (Å²) in [6, 6.07) is 7.96. The fraction of sp³-hybridized carbons (Fsp3) is 0.357. The number of aryl methyl sites for hydroxylation is 1. The van der Waals surface area contributed by atoms with E-state index in [4.69, 9.17) is 0 Å². The Morgan fingerprint density at radius 3 is 2.53 bits per heavy atom. The van der Waals surface area contributed by atoms with Gasteiger partial charge in [-0.15, -0.1) is 0 Å². The maximum absolute atomic E-state index is 12.0. The topological polar surface area (TPSA) is 39.0 Å². The number of imidazole rings is 1. The van der Waals surface area contributed by atoms with E-state index < -0.39 is 0 Å². The first-order valence-electron chi connectivity index (χ1n) is 6.46. The summed E-state index contributed by atoms with van der Waals surface area (Å²) >= 11 is 3.49. The highest BCUT2D eigenvalue weighted by atomic mass is 79.9. The predicted molar refractivity (Wildman–Crippen MR) is 81.6 cm³/mol. The molecule has 0 aliphatic carbocycles. The van der Waals surface area contributed by atoms with Crippen molar-refractivity contribution in [3.05, 3.63) is 51.6 Å². The molecule has 19 heavy (non-hydrogen) atoms. The van der Waals surface area contributed by atoms with Gasteiger partial charge in [0.05, 0.1) is 0 Å². The van der Waals surface area contributed by atoms with Crippen LogP contribution in [-0.2, 0) is 13.1 Å². The van der Waals surface area contributed by atoms with Crippen molar-refractivity contribution >= 4 is 21.6 Å². The Hall–Kier alpha value is -1.49. The molecule has 0 amide bonds. The smallest absolute Gasteiger partial charge is 0.328 e. The average Bonchev–Trinajstić information content (AvgIpc) is 2.74. The molecule has 2 aromatic rings. The molecule has 1 aromatic heterocycles. The van der Waals surface area contributed by atoms with Gasteiger partial charge in [0.1, 0.15) is 0 Å². The summed E-state index contributed by atoms with van der Waals surface area (Å²) in [6.07, 6.45) is 4.67. The van der Waals surface area contributed by atoms with Gasteiger partial charge in [0.25, 0.3) is 0 Å².